The average molecular weight is 348 g/mol. The summed E-state index contributed by atoms with van der Waals surface area (Å²) in [5, 5.41) is 12.1. The zero-order valence-corrected chi connectivity index (χ0v) is 14.5. The van der Waals surface area contributed by atoms with Gasteiger partial charge < -0.3 is 15.0 Å². The Labute approximate surface area is 143 Å². The summed E-state index contributed by atoms with van der Waals surface area (Å²) in [7, 11) is 0. The van der Waals surface area contributed by atoms with Gasteiger partial charge in [-0.05, 0) is 20.3 Å². The molecule has 1 amide bonds. The van der Waals surface area contributed by atoms with Gasteiger partial charge in [0.15, 0.2) is 5.13 Å². The number of rotatable bonds is 3. The number of likely N-dealkylation sites (tertiary alicyclic amines) is 1. The molecular formula is C15H20N6O2S. The highest BCUT2D eigenvalue weighted by molar-refractivity contribution is 7.17. The molecule has 0 aromatic carbocycles. The highest BCUT2D eigenvalue weighted by atomic mass is 32.1. The lowest BCUT2D eigenvalue weighted by Gasteiger charge is -2.40. The van der Waals surface area contributed by atoms with E-state index in [2.05, 4.69) is 20.6 Å². The lowest BCUT2D eigenvalue weighted by atomic mass is 10.00. The van der Waals surface area contributed by atoms with Crippen LogP contribution in [-0.4, -0.2) is 56.5 Å². The van der Waals surface area contributed by atoms with Crippen LogP contribution in [0.4, 0.5) is 5.13 Å². The molecule has 1 saturated heterocycles. The number of nitrogens with zero attached hydrogens (tertiary/aromatic N) is 5. The van der Waals surface area contributed by atoms with E-state index in [0.717, 1.165) is 29.5 Å². The van der Waals surface area contributed by atoms with Gasteiger partial charge in [0.1, 0.15) is 4.88 Å². The van der Waals surface area contributed by atoms with E-state index in [4.69, 9.17) is 4.74 Å². The van der Waals surface area contributed by atoms with Crippen molar-refractivity contribution < 1.29 is 9.53 Å². The number of thiazole rings is 1. The van der Waals surface area contributed by atoms with E-state index in [1.54, 1.807) is 6.20 Å². The van der Waals surface area contributed by atoms with Crippen LogP contribution in [0.1, 0.15) is 40.4 Å². The summed E-state index contributed by atoms with van der Waals surface area (Å²) in [6.07, 6.45) is 2.64. The van der Waals surface area contributed by atoms with Gasteiger partial charge in [0.2, 0.25) is 0 Å². The highest BCUT2D eigenvalue weighted by Crippen LogP contribution is 2.32. The average Bonchev–Trinajstić information content (AvgIpc) is 3.20. The molecule has 9 heteroatoms. The van der Waals surface area contributed by atoms with E-state index in [-0.39, 0.29) is 18.1 Å². The summed E-state index contributed by atoms with van der Waals surface area (Å²) >= 11 is 1.42. The molecule has 0 saturated carbocycles. The molecule has 0 aliphatic carbocycles. The number of hydrogen-bond donors (Lipinski definition) is 1. The van der Waals surface area contributed by atoms with Crippen LogP contribution in [0.25, 0.3) is 0 Å². The van der Waals surface area contributed by atoms with Gasteiger partial charge >= 0.3 is 0 Å². The molecule has 128 valence electrons. The van der Waals surface area contributed by atoms with E-state index in [1.165, 1.54) is 11.3 Å². The molecule has 1 fully saturated rings. The van der Waals surface area contributed by atoms with Crippen molar-refractivity contribution in [1.29, 1.82) is 0 Å². The Balaban J connectivity index is 1.55. The minimum Gasteiger partial charge on any atom is -0.370 e. The van der Waals surface area contributed by atoms with Crippen molar-refractivity contribution in [2.75, 3.05) is 25.0 Å². The molecule has 2 atom stereocenters. The van der Waals surface area contributed by atoms with Gasteiger partial charge in [-0.1, -0.05) is 16.6 Å². The summed E-state index contributed by atoms with van der Waals surface area (Å²) in [5.74, 6) is 0.0415. The molecule has 1 N–H and O–H groups in total. The summed E-state index contributed by atoms with van der Waals surface area (Å²) in [6, 6.07) is 0.0374. The number of anilines is 1. The number of carbonyl (C=O) groups excluding carboxylic acids is 1. The minimum absolute atomic E-state index is 0.0374. The van der Waals surface area contributed by atoms with Gasteiger partial charge in [-0.25, -0.2) is 9.67 Å². The number of ether oxygens (including phenoxy) is 1. The number of amides is 1. The molecule has 2 aromatic heterocycles. The second-order valence-electron chi connectivity index (χ2n) is 6.09. The molecule has 4 heterocycles. The Hall–Kier alpha value is -2.00. The first kappa shape index (κ1) is 15.5. The zero-order chi connectivity index (χ0) is 16.7. The van der Waals surface area contributed by atoms with Crippen molar-refractivity contribution in [2.45, 2.75) is 39.0 Å². The van der Waals surface area contributed by atoms with Crippen LogP contribution in [0.5, 0.6) is 0 Å². The maximum Gasteiger partial charge on any atom is 0.266 e. The summed E-state index contributed by atoms with van der Waals surface area (Å²) in [5.41, 5.74) is 1.75. The number of aryl methyl sites for hydroxylation is 1. The van der Waals surface area contributed by atoms with Crippen LogP contribution >= 0.6 is 11.3 Å². The van der Waals surface area contributed by atoms with Gasteiger partial charge in [0.25, 0.3) is 5.91 Å². The quantitative estimate of drug-likeness (QED) is 0.904. The number of hydrogen-bond acceptors (Lipinski definition) is 7. The molecular weight excluding hydrogens is 328 g/mol. The number of nitrogens with one attached hydrogen (secondary N) is 1. The van der Waals surface area contributed by atoms with Gasteiger partial charge in [0.05, 0.1) is 36.3 Å². The predicted octanol–water partition coefficient (Wildman–Crippen LogP) is 1.46. The van der Waals surface area contributed by atoms with Crippen LogP contribution in [-0.2, 0) is 11.3 Å². The third kappa shape index (κ3) is 2.57. The molecule has 2 aliphatic rings. The number of piperidine rings is 1. The fraction of sp³-hybridized carbons (Fsp3) is 0.600. The van der Waals surface area contributed by atoms with Gasteiger partial charge in [-0.15, -0.1) is 5.10 Å². The smallest absolute Gasteiger partial charge is 0.266 e. The predicted molar refractivity (Wildman–Crippen MR) is 89.2 cm³/mol. The third-order valence-electron chi connectivity index (χ3n) is 4.53. The Kier molecular flexibility index (Phi) is 3.97. The first-order valence-corrected chi connectivity index (χ1v) is 9.00. The highest BCUT2D eigenvalue weighted by Gasteiger charge is 2.38. The molecule has 0 radical (unpaired) electrons. The second-order valence-corrected chi connectivity index (χ2v) is 7.09. The fourth-order valence-corrected chi connectivity index (χ4v) is 4.33. The zero-order valence-electron chi connectivity index (χ0n) is 13.7. The normalized spacial score (nSPS) is 22.8. The lowest BCUT2D eigenvalue weighted by Crippen LogP contribution is -2.49. The van der Waals surface area contributed by atoms with Gasteiger partial charge in [-0.3, -0.25) is 4.79 Å². The summed E-state index contributed by atoms with van der Waals surface area (Å²) in [4.78, 5) is 20.0. The van der Waals surface area contributed by atoms with E-state index in [0.29, 0.717) is 24.6 Å². The van der Waals surface area contributed by atoms with Crippen molar-refractivity contribution >= 4 is 22.4 Å². The summed E-state index contributed by atoms with van der Waals surface area (Å²) in [6.45, 7) is 6.52. The first-order valence-electron chi connectivity index (χ1n) is 8.18. The molecule has 0 spiro atoms. The van der Waals surface area contributed by atoms with Crippen molar-refractivity contribution in [2.24, 2.45) is 0 Å². The first-order chi connectivity index (χ1) is 11.7. The van der Waals surface area contributed by atoms with Crippen LogP contribution in [0.3, 0.4) is 0 Å². The van der Waals surface area contributed by atoms with E-state index >= 15 is 0 Å². The van der Waals surface area contributed by atoms with Crippen molar-refractivity contribution in [3.05, 3.63) is 22.5 Å². The third-order valence-corrected chi connectivity index (χ3v) is 5.64. The second kappa shape index (κ2) is 6.14. The monoisotopic (exact) mass is 348 g/mol. The van der Waals surface area contributed by atoms with Gasteiger partial charge in [0, 0.05) is 19.6 Å². The molecule has 8 nitrogen and oxygen atoms in total. The molecule has 4 rings (SSSR count). The van der Waals surface area contributed by atoms with Crippen LogP contribution in [0.2, 0.25) is 0 Å². The maximum atomic E-state index is 12.9. The Bertz CT molecular complexity index is 757. The molecule has 0 bridgehead atoms. The molecule has 0 unspecified atom stereocenters. The number of fused-ring (bicyclic) bond motifs is 3. The van der Waals surface area contributed by atoms with Gasteiger partial charge in [-0.2, -0.15) is 0 Å². The van der Waals surface area contributed by atoms with Crippen molar-refractivity contribution in [3.63, 3.8) is 0 Å². The molecule has 24 heavy (non-hydrogen) atoms. The Morgan fingerprint density at radius 3 is 3.25 bits per heavy atom. The van der Waals surface area contributed by atoms with Crippen LogP contribution < -0.4 is 5.32 Å². The number of aromatic nitrogens is 4. The minimum atomic E-state index is 0.0374. The maximum absolute atomic E-state index is 12.9. The van der Waals surface area contributed by atoms with Crippen LogP contribution in [0, 0.1) is 6.92 Å². The van der Waals surface area contributed by atoms with Crippen LogP contribution in [0.15, 0.2) is 6.20 Å². The van der Waals surface area contributed by atoms with Crippen molar-refractivity contribution in [1.82, 2.24) is 24.9 Å². The van der Waals surface area contributed by atoms with E-state index in [9.17, 15) is 4.79 Å². The standard InChI is InChI=1S/C15H20N6O2S/c1-3-16-15-18-9(2)13(24-15)14(22)20-5-4-12-11(7-20)21-10(8-23-12)6-17-19-21/h6,11-12H,3-5,7-8H2,1-2H3,(H,16,18)/t11-,12-/m1/s1. The fourth-order valence-electron chi connectivity index (χ4n) is 3.33. The SMILES string of the molecule is CCNc1nc(C)c(C(=O)N2CC[C@H]3OCc4cnnn4[C@@H]3C2)s1. The molecule has 2 aromatic rings. The Morgan fingerprint density at radius 1 is 1.54 bits per heavy atom. The van der Waals surface area contributed by atoms with E-state index in [1.807, 2.05) is 23.4 Å². The lowest BCUT2D eigenvalue weighted by molar-refractivity contribution is -0.0604. The Morgan fingerprint density at radius 2 is 2.42 bits per heavy atom. The van der Waals surface area contributed by atoms with Crippen molar-refractivity contribution in [3.8, 4) is 0 Å². The summed E-state index contributed by atoms with van der Waals surface area (Å²) < 4.78 is 7.82. The molecule has 2 aliphatic heterocycles. The largest absolute Gasteiger partial charge is 0.370 e. The topological polar surface area (TPSA) is 85.2 Å². The number of carbonyl (C=O) groups is 1. The van der Waals surface area contributed by atoms with E-state index < -0.39 is 0 Å².